The number of aromatic hydroxyl groups is 1. The van der Waals surface area contributed by atoms with Gasteiger partial charge in [0.15, 0.2) is 0 Å². The number of aliphatic hydroxyl groups excluding tert-OH is 1. The van der Waals surface area contributed by atoms with Gasteiger partial charge in [-0.3, -0.25) is 4.72 Å². The van der Waals surface area contributed by atoms with Crippen LogP contribution in [-0.4, -0.2) is 55.7 Å². The summed E-state index contributed by atoms with van der Waals surface area (Å²) in [6.07, 6.45) is 0.0276. The van der Waals surface area contributed by atoms with Gasteiger partial charge in [0.05, 0.1) is 28.6 Å². The quantitative estimate of drug-likeness (QED) is 0.184. The van der Waals surface area contributed by atoms with Gasteiger partial charge in [-0.25, -0.2) is 13.2 Å². The Kier molecular flexibility index (Phi) is 8.80. The third kappa shape index (κ3) is 7.34. The van der Waals surface area contributed by atoms with Gasteiger partial charge in [0.2, 0.25) is 10.0 Å². The molecule has 0 aromatic heterocycles. The summed E-state index contributed by atoms with van der Waals surface area (Å²) >= 11 is 6.43. The Morgan fingerprint density at radius 3 is 2.39 bits per heavy atom. The minimum absolute atomic E-state index is 0.0104. The van der Waals surface area contributed by atoms with Crippen molar-refractivity contribution in [2.24, 2.45) is 0 Å². The number of aromatic carboxylic acids is 1. The molecule has 3 aromatic rings. The fourth-order valence-electron chi connectivity index (χ4n) is 3.51. The first kappa shape index (κ1) is 27.3. The molecule has 9 nitrogen and oxygen atoms in total. The third-order valence-corrected chi connectivity index (χ3v) is 6.13. The number of carboxylic acid groups (broad SMARTS) is 1. The number of phenolic OH excluding ortho intramolecular Hbond substituents is 1. The van der Waals surface area contributed by atoms with E-state index in [-0.39, 0.29) is 30.2 Å². The van der Waals surface area contributed by atoms with Gasteiger partial charge >= 0.3 is 5.97 Å². The van der Waals surface area contributed by atoms with Crippen LogP contribution >= 0.6 is 11.6 Å². The highest BCUT2D eigenvalue weighted by atomic mass is 35.5. The molecule has 3 aromatic carbocycles. The zero-order valence-corrected chi connectivity index (χ0v) is 21.2. The van der Waals surface area contributed by atoms with E-state index in [2.05, 4.69) is 10.0 Å². The van der Waals surface area contributed by atoms with E-state index in [0.29, 0.717) is 22.9 Å². The SMILES string of the molecule is Cc1cc(-c2ccc(C(=O)O)cc2)cc(Cl)c1OCCNCC(O)c1ccc(O)c(NS(C)(=O)=O)c1. The van der Waals surface area contributed by atoms with Crippen molar-refractivity contribution in [3.05, 3.63) is 76.3 Å². The lowest BCUT2D eigenvalue weighted by Gasteiger charge is -2.16. The Bertz CT molecular complexity index is 1320. The van der Waals surface area contributed by atoms with Crippen LogP contribution in [0.2, 0.25) is 5.02 Å². The fourth-order valence-corrected chi connectivity index (χ4v) is 4.39. The van der Waals surface area contributed by atoms with Crippen molar-refractivity contribution in [1.29, 1.82) is 0 Å². The number of sulfonamides is 1. The second kappa shape index (κ2) is 11.6. The van der Waals surface area contributed by atoms with Crippen molar-refractivity contribution >= 4 is 33.3 Å². The standard InChI is InChI=1S/C25H27ClN2O7S/c1-15-11-19(16-3-5-17(6-4-16)25(31)32)12-20(26)24(15)35-10-9-27-14-23(30)18-7-8-22(29)21(13-18)28-36(2,33)34/h3-8,11-13,23,27-30H,9-10,14H2,1-2H3,(H,31,32). The molecule has 11 heteroatoms. The molecule has 36 heavy (non-hydrogen) atoms. The van der Waals surface area contributed by atoms with Gasteiger partial charge < -0.3 is 25.4 Å². The molecule has 1 unspecified atom stereocenters. The number of anilines is 1. The molecule has 0 aliphatic carbocycles. The molecule has 3 rings (SSSR count). The average molecular weight is 535 g/mol. The summed E-state index contributed by atoms with van der Waals surface area (Å²) in [6, 6.07) is 14.4. The van der Waals surface area contributed by atoms with E-state index in [0.717, 1.165) is 22.9 Å². The molecule has 0 spiro atoms. The number of hydrogen-bond acceptors (Lipinski definition) is 7. The molecule has 0 aliphatic rings. The molecule has 0 bridgehead atoms. The molecule has 0 heterocycles. The van der Waals surface area contributed by atoms with Crippen LogP contribution in [0, 0.1) is 6.92 Å². The molecular weight excluding hydrogens is 508 g/mol. The molecule has 0 aliphatic heterocycles. The van der Waals surface area contributed by atoms with Crippen LogP contribution in [0.5, 0.6) is 11.5 Å². The van der Waals surface area contributed by atoms with E-state index >= 15 is 0 Å². The van der Waals surface area contributed by atoms with Crippen LogP contribution in [0.4, 0.5) is 5.69 Å². The minimum atomic E-state index is -3.58. The minimum Gasteiger partial charge on any atom is -0.506 e. The number of rotatable bonds is 11. The Hall–Kier alpha value is -3.31. The van der Waals surface area contributed by atoms with Crippen molar-refractivity contribution in [2.75, 3.05) is 30.7 Å². The molecule has 0 amide bonds. The number of nitrogens with one attached hydrogen (secondary N) is 2. The summed E-state index contributed by atoms with van der Waals surface area (Å²) in [4.78, 5) is 11.0. The monoisotopic (exact) mass is 534 g/mol. The predicted molar refractivity (Wildman–Crippen MR) is 138 cm³/mol. The number of benzene rings is 3. The largest absolute Gasteiger partial charge is 0.506 e. The number of halogens is 1. The van der Waals surface area contributed by atoms with Crippen molar-refractivity contribution in [2.45, 2.75) is 13.0 Å². The summed E-state index contributed by atoms with van der Waals surface area (Å²) in [5.41, 5.74) is 3.10. The van der Waals surface area contributed by atoms with Crippen LogP contribution in [0.3, 0.4) is 0 Å². The number of aliphatic hydroxyl groups is 1. The Labute approximate surface area is 214 Å². The highest BCUT2D eigenvalue weighted by molar-refractivity contribution is 7.92. The van der Waals surface area contributed by atoms with E-state index in [1.807, 2.05) is 13.0 Å². The van der Waals surface area contributed by atoms with Gasteiger partial charge in [0, 0.05) is 13.1 Å². The number of hydrogen-bond donors (Lipinski definition) is 5. The Balaban J connectivity index is 1.54. The third-order valence-electron chi connectivity index (χ3n) is 5.26. The smallest absolute Gasteiger partial charge is 0.335 e. The van der Waals surface area contributed by atoms with Gasteiger partial charge in [0.25, 0.3) is 0 Å². The van der Waals surface area contributed by atoms with Gasteiger partial charge in [-0.15, -0.1) is 0 Å². The molecule has 0 fully saturated rings. The van der Waals surface area contributed by atoms with Gasteiger partial charge in [-0.1, -0.05) is 29.8 Å². The molecule has 0 saturated heterocycles. The van der Waals surface area contributed by atoms with Crippen LogP contribution in [-0.2, 0) is 10.0 Å². The summed E-state index contributed by atoms with van der Waals surface area (Å²) < 4.78 is 30.9. The topological polar surface area (TPSA) is 145 Å². The van der Waals surface area contributed by atoms with E-state index in [1.54, 1.807) is 18.2 Å². The lowest BCUT2D eigenvalue weighted by Crippen LogP contribution is -2.26. The van der Waals surface area contributed by atoms with Gasteiger partial charge in [-0.2, -0.15) is 0 Å². The maximum absolute atomic E-state index is 11.4. The highest BCUT2D eigenvalue weighted by Gasteiger charge is 2.14. The second-order valence-corrected chi connectivity index (χ2v) is 10.4. The van der Waals surface area contributed by atoms with Gasteiger partial charge in [-0.05, 0) is 65.6 Å². The number of carboxylic acids is 1. The van der Waals surface area contributed by atoms with Crippen molar-refractivity contribution in [3.63, 3.8) is 0 Å². The molecule has 0 radical (unpaired) electrons. The Morgan fingerprint density at radius 2 is 1.78 bits per heavy atom. The predicted octanol–water partition coefficient (Wildman–Crippen LogP) is 3.79. The fraction of sp³-hybridized carbons (Fsp3) is 0.240. The number of ether oxygens (including phenoxy) is 1. The van der Waals surface area contributed by atoms with E-state index in [4.69, 9.17) is 21.4 Å². The van der Waals surface area contributed by atoms with E-state index < -0.39 is 22.1 Å². The molecular formula is C25H27ClN2O7S. The first-order chi connectivity index (χ1) is 16.9. The van der Waals surface area contributed by atoms with Crippen LogP contribution in [0.15, 0.2) is 54.6 Å². The molecule has 5 N–H and O–H groups in total. The first-order valence-corrected chi connectivity index (χ1v) is 13.2. The maximum atomic E-state index is 11.4. The maximum Gasteiger partial charge on any atom is 0.335 e. The van der Waals surface area contributed by atoms with Gasteiger partial charge in [0.1, 0.15) is 18.1 Å². The zero-order chi connectivity index (χ0) is 26.5. The molecule has 192 valence electrons. The average Bonchev–Trinajstić information content (AvgIpc) is 2.80. The van der Waals surface area contributed by atoms with Crippen LogP contribution < -0.4 is 14.8 Å². The van der Waals surface area contributed by atoms with Crippen LogP contribution in [0.1, 0.15) is 27.6 Å². The summed E-state index contributed by atoms with van der Waals surface area (Å²) in [7, 11) is -3.58. The van der Waals surface area contributed by atoms with Crippen molar-refractivity contribution in [1.82, 2.24) is 5.32 Å². The number of phenols is 1. The van der Waals surface area contributed by atoms with Crippen molar-refractivity contribution < 1.29 is 33.3 Å². The Morgan fingerprint density at radius 1 is 1.08 bits per heavy atom. The molecule has 0 saturated carbocycles. The van der Waals surface area contributed by atoms with Crippen molar-refractivity contribution in [3.8, 4) is 22.6 Å². The van der Waals surface area contributed by atoms with E-state index in [1.165, 1.54) is 30.3 Å². The lowest BCUT2D eigenvalue weighted by atomic mass is 10.0. The number of carbonyl (C=O) groups is 1. The second-order valence-electron chi connectivity index (χ2n) is 8.21. The van der Waals surface area contributed by atoms with Crippen LogP contribution in [0.25, 0.3) is 11.1 Å². The highest BCUT2D eigenvalue weighted by Crippen LogP contribution is 2.34. The lowest BCUT2D eigenvalue weighted by molar-refractivity contribution is 0.0697. The first-order valence-electron chi connectivity index (χ1n) is 10.9. The summed E-state index contributed by atoms with van der Waals surface area (Å²) in [5, 5.41) is 32.8. The zero-order valence-electron chi connectivity index (χ0n) is 19.7. The summed E-state index contributed by atoms with van der Waals surface area (Å²) in [6.45, 7) is 2.71. The summed E-state index contributed by atoms with van der Waals surface area (Å²) in [5.74, 6) is -0.703. The van der Waals surface area contributed by atoms with E-state index in [9.17, 15) is 23.4 Å². The normalized spacial score (nSPS) is 12.2. The molecule has 1 atom stereocenters. The number of aryl methyl sites for hydroxylation is 1.